The number of hydrogen-bond acceptors (Lipinski definition) is 7. The van der Waals surface area contributed by atoms with Gasteiger partial charge < -0.3 is 15.8 Å². The van der Waals surface area contributed by atoms with Crippen molar-refractivity contribution in [3.8, 4) is 16.8 Å². The third-order valence-electron chi connectivity index (χ3n) is 8.08. The summed E-state index contributed by atoms with van der Waals surface area (Å²) >= 11 is 6.38. The van der Waals surface area contributed by atoms with Crippen molar-refractivity contribution in [1.29, 1.82) is 0 Å². The van der Waals surface area contributed by atoms with Crippen LogP contribution < -0.4 is 11.1 Å². The second kappa shape index (κ2) is 15.4. The molecule has 0 saturated heterocycles. The van der Waals surface area contributed by atoms with E-state index in [0.29, 0.717) is 11.1 Å². The Balaban J connectivity index is 1.59. The maximum absolute atomic E-state index is 15.5. The highest BCUT2D eigenvalue weighted by Crippen LogP contribution is 2.41. The molecule has 0 spiro atoms. The van der Waals surface area contributed by atoms with Gasteiger partial charge in [0.25, 0.3) is 18.3 Å². The highest BCUT2D eigenvalue weighted by molar-refractivity contribution is 6.32. The molecule has 2 atom stereocenters. The van der Waals surface area contributed by atoms with Gasteiger partial charge in [-0.2, -0.15) is 19.0 Å². The molecule has 1 aliphatic carbocycles. The Morgan fingerprint density at radius 2 is 1.87 bits per heavy atom. The van der Waals surface area contributed by atoms with Crippen LogP contribution in [-0.2, 0) is 4.74 Å². The van der Waals surface area contributed by atoms with Crippen molar-refractivity contribution in [3.63, 3.8) is 0 Å². The van der Waals surface area contributed by atoms with Crippen LogP contribution in [0.15, 0.2) is 60.1 Å². The first-order valence-electron chi connectivity index (χ1n) is 15.9. The second-order valence-electron chi connectivity index (χ2n) is 13.2. The number of carbonyl (C=O) groups excluding carboxylic acids is 2. The maximum Gasteiger partial charge on any atom is 0.407 e. The van der Waals surface area contributed by atoms with Gasteiger partial charge in [-0.3, -0.25) is 14.7 Å². The van der Waals surface area contributed by atoms with Crippen molar-refractivity contribution < 1.29 is 45.1 Å². The lowest BCUT2D eigenvalue weighted by molar-refractivity contribution is 0.0566. The first kappa shape index (κ1) is 39.0. The fraction of sp³-hybridized carbons (Fsp3) is 0.394. The number of aromatic nitrogens is 5. The summed E-state index contributed by atoms with van der Waals surface area (Å²) in [6.45, 7) is 2.14. The number of carbonyl (C=O) groups is 2. The van der Waals surface area contributed by atoms with Crippen molar-refractivity contribution in [1.82, 2.24) is 34.8 Å². The molecule has 53 heavy (non-hydrogen) atoms. The van der Waals surface area contributed by atoms with Crippen molar-refractivity contribution >= 4 is 29.6 Å². The molecule has 5 rings (SSSR count). The smallest absolute Gasteiger partial charge is 0.407 e. The fourth-order valence-electron chi connectivity index (χ4n) is 5.10. The van der Waals surface area contributed by atoms with Crippen LogP contribution in [0.4, 0.5) is 35.5 Å². The Morgan fingerprint density at radius 1 is 1.15 bits per heavy atom. The zero-order valence-electron chi connectivity index (χ0n) is 28.3. The number of nitrogens with two attached hydrogens (primary N) is 1. The van der Waals surface area contributed by atoms with Gasteiger partial charge >= 0.3 is 12.6 Å². The van der Waals surface area contributed by atoms with Crippen LogP contribution in [0.3, 0.4) is 0 Å². The van der Waals surface area contributed by atoms with Crippen LogP contribution in [0.5, 0.6) is 0 Å². The van der Waals surface area contributed by atoms with Crippen molar-refractivity contribution in [2.24, 2.45) is 16.1 Å². The van der Waals surface area contributed by atoms with Gasteiger partial charge in [-0.25, -0.2) is 41.1 Å². The standard InChI is InChI=1S/C33H33ClF7N9O3/c1-32(2,3)8-9-43-30(42)49(28(51)18-4-6-20(22(35)10-18)19-13-45-48(14-19)29(38)39)24(15-53-31(52)47-25-12-33(25,40)41)17-5-7-21(34)23(11-17)50-27(26(36)37)44-16-46-50/h4-7,10-11,13-14,16,24-26,29H,8-9,12,15H2,1-3H3,(H2,42,43)(H,47,52)/t24-,25-/m1/s1. The number of nitrogens with one attached hydrogen (secondary N) is 1. The van der Waals surface area contributed by atoms with Gasteiger partial charge in [-0.05, 0) is 41.7 Å². The number of nitrogens with zero attached hydrogens (tertiary/aromatic N) is 7. The van der Waals surface area contributed by atoms with Crippen LogP contribution in [0, 0.1) is 11.2 Å². The van der Waals surface area contributed by atoms with E-state index < -0.39 is 73.6 Å². The second-order valence-corrected chi connectivity index (χ2v) is 13.6. The number of alkyl carbamates (subject to hydrolysis) is 1. The molecule has 2 heterocycles. The Labute approximate surface area is 302 Å². The summed E-state index contributed by atoms with van der Waals surface area (Å²) in [5.74, 6) is -6.33. The Morgan fingerprint density at radius 3 is 2.47 bits per heavy atom. The lowest BCUT2D eigenvalue weighted by Crippen LogP contribution is -2.47. The number of ether oxygens (including phenoxy) is 1. The molecule has 1 saturated carbocycles. The number of guanidine groups is 1. The summed E-state index contributed by atoms with van der Waals surface area (Å²) in [4.78, 5) is 35.8. The Hall–Kier alpha value is -5.20. The first-order valence-corrected chi connectivity index (χ1v) is 16.3. The predicted molar refractivity (Wildman–Crippen MR) is 178 cm³/mol. The molecule has 4 aromatic rings. The van der Waals surface area contributed by atoms with E-state index in [2.05, 4.69) is 20.2 Å². The summed E-state index contributed by atoms with van der Waals surface area (Å²) < 4.78 is 103. The normalized spacial score (nSPS) is 16.2. The molecule has 1 fully saturated rings. The van der Waals surface area contributed by atoms with E-state index in [9.17, 15) is 35.9 Å². The summed E-state index contributed by atoms with van der Waals surface area (Å²) in [6.07, 6.45) is -1.67. The largest absolute Gasteiger partial charge is 0.447 e. The van der Waals surface area contributed by atoms with Gasteiger partial charge in [0.05, 0.1) is 22.9 Å². The molecular formula is C33H33ClF7N9O3. The van der Waals surface area contributed by atoms with E-state index in [-0.39, 0.29) is 44.9 Å². The number of hydrogen-bond donors (Lipinski definition) is 2. The van der Waals surface area contributed by atoms with Gasteiger partial charge in [-0.15, -0.1) is 0 Å². The summed E-state index contributed by atoms with van der Waals surface area (Å²) in [7, 11) is 0. The maximum atomic E-state index is 15.5. The molecule has 3 N–H and O–H groups in total. The van der Waals surface area contributed by atoms with Crippen LogP contribution in [0.25, 0.3) is 16.8 Å². The molecule has 2 aromatic heterocycles. The molecule has 1 aliphatic rings. The molecule has 2 aromatic carbocycles. The zero-order valence-corrected chi connectivity index (χ0v) is 29.0. The van der Waals surface area contributed by atoms with E-state index in [0.717, 1.165) is 40.4 Å². The van der Waals surface area contributed by atoms with Crippen LogP contribution in [0.2, 0.25) is 5.02 Å². The topological polar surface area (TPSA) is 146 Å². The molecule has 0 bridgehead atoms. The molecule has 20 heteroatoms. The van der Waals surface area contributed by atoms with Gasteiger partial charge in [0.2, 0.25) is 0 Å². The van der Waals surface area contributed by atoms with Gasteiger partial charge in [0, 0.05) is 35.9 Å². The van der Waals surface area contributed by atoms with E-state index in [4.69, 9.17) is 22.1 Å². The minimum Gasteiger partial charge on any atom is -0.447 e. The Bertz CT molecular complexity index is 2000. The number of rotatable bonds is 12. The van der Waals surface area contributed by atoms with E-state index >= 15 is 4.39 Å². The zero-order chi connectivity index (χ0) is 38.8. The first-order chi connectivity index (χ1) is 24.9. The van der Waals surface area contributed by atoms with E-state index in [1.165, 1.54) is 24.3 Å². The fourth-order valence-corrected chi connectivity index (χ4v) is 5.30. The van der Waals surface area contributed by atoms with Gasteiger partial charge in [0.1, 0.15) is 24.8 Å². The number of amides is 2. The lowest BCUT2D eigenvalue weighted by Gasteiger charge is -2.32. The summed E-state index contributed by atoms with van der Waals surface area (Å²) in [5, 5.41) is 9.28. The molecule has 0 radical (unpaired) electrons. The van der Waals surface area contributed by atoms with Crippen molar-refractivity contribution in [2.45, 2.75) is 64.6 Å². The SMILES string of the molecule is CC(C)(C)CCN=C(N)N(C(=O)c1ccc(-c2cnn(C(F)F)c2)c(F)c1)[C@H](COC(=O)N[C@@H]1CC1(F)F)c1ccc(Cl)c(-n2ncnc2C(F)F)c1. The van der Waals surface area contributed by atoms with E-state index in [1.807, 2.05) is 26.1 Å². The number of benzene rings is 2. The minimum absolute atomic E-state index is 0.00888. The Kier molecular flexibility index (Phi) is 11.3. The van der Waals surface area contributed by atoms with Crippen LogP contribution >= 0.6 is 11.6 Å². The third kappa shape index (κ3) is 9.24. The van der Waals surface area contributed by atoms with Gasteiger partial charge in [-0.1, -0.05) is 44.5 Å². The number of aliphatic imine (C=N–C) groups is 1. The van der Waals surface area contributed by atoms with Crippen molar-refractivity contribution in [2.75, 3.05) is 13.2 Å². The summed E-state index contributed by atoms with van der Waals surface area (Å²) in [5.41, 5.74) is 5.66. The lowest BCUT2D eigenvalue weighted by atomic mass is 9.92. The third-order valence-corrected chi connectivity index (χ3v) is 8.40. The average Bonchev–Trinajstić information content (AvgIpc) is 3.47. The van der Waals surface area contributed by atoms with E-state index in [1.54, 1.807) is 0 Å². The van der Waals surface area contributed by atoms with Crippen molar-refractivity contribution in [3.05, 3.63) is 82.9 Å². The molecule has 284 valence electrons. The molecule has 12 nitrogen and oxygen atoms in total. The summed E-state index contributed by atoms with van der Waals surface area (Å²) in [6, 6.07) is 4.11. The van der Waals surface area contributed by atoms with Gasteiger partial charge in [0.15, 0.2) is 11.8 Å². The average molecular weight is 772 g/mol. The molecule has 2 amide bonds. The monoisotopic (exact) mass is 771 g/mol. The molecular weight excluding hydrogens is 739 g/mol. The quantitative estimate of drug-likeness (QED) is 0.0872. The number of halogens is 8. The minimum atomic E-state index is -3.13. The molecule has 0 aliphatic heterocycles. The highest BCUT2D eigenvalue weighted by atomic mass is 35.5. The van der Waals surface area contributed by atoms with Crippen LogP contribution in [-0.4, -0.2) is 72.5 Å². The number of alkyl halides is 6. The predicted octanol–water partition coefficient (Wildman–Crippen LogP) is 7.32. The highest BCUT2D eigenvalue weighted by Gasteiger charge is 2.58. The van der Waals surface area contributed by atoms with Crippen LogP contribution in [0.1, 0.15) is 74.4 Å². The molecule has 0 unspecified atom stereocenters.